The van der Waals surface area contributed by atoms with E-state index in [2.05, 4.69) is 37.5 Å². The number of aliphatic hydroxyl groups is 1. The lowest BCUT2D eigenvalue weighted by Crippen LogP contribution is -2.34. The third-order valence-corrected chi connectivity index (χ3v) is 6.78. The molecule has 2 bridgehead atoms. The molecule has 0 amide bonds. The first-order valence-corrected chi connectivity index (χ1v) is 10.8. The van der Waals surface area contributed by atoms with Gasteiger partial charge in [0, 0.05) is 19.0 Å². The summed E-state index contributed by atoms with van der Waals surface area (Å²) in [5.41, 5.74) is 1.58. The van der Waals surface area contributed by atoms with Gasteiger partial charge < -0.3 is 5.11 Å². The molecule has 1 aliphatic heterocycles. The molecule has 2 atom stereocenters. The van der Waals surface area contributed by atoms with Crippen LogP contribution in [-0.2, 0) is 5.60 Å². The number of nitrogens with zero attached hydrogens (tertiary/aromatic N) is 1. The van der Waals surface area contributed by atoms with Crippen LogP contribution >= 0.6 is 0 Å². The molecule has 1 saturated heterocycles. The Bertz CT molecular complexity index is 853. The fraction of sp³-hybridized carbons (Fsp3) is 0.481. The van der Waals surface area contributed by atoms with Crippen LogP contribution < -0.4 is 0 Å². The lowest BCUT2D eigenvalue weighted by Gasteiger charge is -2.39. The van der Waals surface area contributed by atoms with Gasteiger partial charge in [-0.15, -0.1) is 0 Å². The van der Waals surface area contributed by atoms with Gasteiger partial charge >= 0.3 is 0 Å². The summed E-state index contributed by atoms with van der Waals surface area (Å²) < 4.78 is 0. The van der Waals surface area contributed by atoms with Crippen molar-refractivity contribution in [3.8, 4) is 11.8 Å². The van der Waals surface area contributed by atoms with Crippen molar-refractivity contribution in [1.29, 1.82) is 0 Å². The molecule has 0 unspecified atom stereocenters. The van der Waals surface area contributed by atoms with Crippen molar-refractivity contribution in [2.45, 2.75) is 58.1 Å². The van der Waals surface area contributed by atoms with Crippen LogP contribution in [0.15, 0.2) is 60.7 Å². The average Bonchev–Trinajstić information content (AvgIpc) is 2.94. The molecule has 1 N–H and O–H groups in total. The van der Waals surface area contributed by atoms with Gasteiger partial charge in [0.05, 0.1) is 6.54 Å². The zero-order valence-corrected chi connectivity index (χ0v) is 18.0. The van der Waals surface area contributed by atoms with E-state index in [4.69, 9.17) is 0 Å². The first-order valence-electron chi connectivity index (χ1n) is 10.8. The second kappa shape index (κ2) is 7.63. The van der Waals surface area contributed by atoms with Crippen LogP contribution in [0.3, 0.4) is 0 Å². The van der Waals surface area contributed by atoms with Crippen LogP contribution in [0.5, 0.6) is 0 Å². The Morgan fingerprint density at radius 3 is 2.10 bits per heavy atom. The van der Waals surface area contributed by atoms with E-state index in [9.17, 15) is 5.11 Å². The summed E-state index contributed by atoms with van der Waals surface area (Å²) in [5, 5.41) is 11.6. The van der Waals surface area contributed by atoms with E-state index in [1.54, 1.807) is 0 Å². The number of hydrogen-bond acceptors (Lipinski definition) is 2. The molecule has 2 fully saturated rings. The van der Waals surface area contributed by atoms with Crippen molar-refractivity contribution in [3.63, 3.8) is 0 Å². The summed E-state index contributed by atoms with van der Waals surface area (Å²) >= 11 is 0. The molecule has 2 heteroatoms. The van der Waals surface area contributed by atoms with E-state index in [1.807, 2.05) is 60.7 Å². The Kier molecular flexibility index (Phi) is 5.32. The minimum Gasteiger partial charge on any atom is -0.379 e. The van der Waals surface area contributed by atoms with E-state index in [-0.39, 0.29) is 0 Å². The molecule has 2 aliphatic rings. The second-order valence-electron chi connectivity index (χ2n) is 10.2. The number of hydrogen-bond donors (Lipinski definition) is 1. The molecular weight excluding hydrogens is 354 g/mol. The fourth-order valence-corrected chi connectivity index (χ4v) is 5.91. The Hall–Kier alpha value is -2.08. The zero-order chi connectivity index (χ0) is 20.5. The summed E-state index contributed by atoms with van der Waals surface area (Å²) in [6.07, 6.45) is 4.28. The van der Waals surface area contributed by atoms with Gasteiger partial charge in [0.25, 0.3) is 0 Å². The molecule has 152 valence electrons. The smallest absolute Gasteiger partial charge is 0.125 e. The van der Waals surface area contributed by atoms with Gasteiger partial charge in [-0.1, -0.05) is 93.3 Å². The summed E-state index contributed by atoms with van der Waals surface area (Å²) in [7, 11) is 0. The standard InChI is InChI=1S/C27H33NO/c1-25(2)18-24-19-26(3,20-25)21-28(24)17-11-10-16-27(29,22-12-6-4-7-13-22)23-14-8-5-9-15-23/h4-9,12-15,24,29H,16-21H2,1-3H3/t24-,26+/m1/s1. The molecule has 0 radical (unpaired) electrons. The fourth-order valence-electron chi connectivity index (χ4n) is 5.91. The van der Waals surface area contributed by atoms with E-state index in [0.29, 0.717) is 23.3 Å². The van der Waals surface area contributed by atoms with E-state index >= 15 is 0 Å². The number of likely N-dealkylation sites (tertiary alicyclic amines) is 1. The van der Waals surface area contributed by atoms with E-state index in [1.165, 1.54) is 19.3 Å². The van der Waals surface area contributed by atoms with E-state index < -0.39 is 5.60 Å². The van der Waals surface area contributed by atoms with Crippen LogP contribution in [0.4, 0.5) is 0 Å². The van der Waals surface area contributed by atoms with Gasteiger partial charge in [-0.2, -0.15) is 0 Å². The molecule has 1 aliphatic carbocycles. The van der Waals surface area contributed by atoms with Crippen LogP contribution in [0, 0.1) is 22.7 Å². The predicted octanol–water partition coefficient (Wildman–Crippen LogP) is 5.22. The molecule has 0 aromatic heterocycles. The van der Waals surface area contributed by atoms with Gasteiger partial charge in [-0.05, 0) is 41.2 Å². The Labute approximate surface area is 176 Å². The highest BCUT2D eigenvalue weighted by molar-refractivity contribution is 5.37. The van der Waals surface area contributed by atoms with Crippen LogP contribution in [-0.4, -0.2) is 29.1 Å². The summed E-state index contributed by atoms with van der Waals surface area (Å²) in [6, 6.07) is 20.5. The van der Waals surface area contributed by atoms with Crippen LogP contribution in [0.2, 0.25) is 0 Å². The Morgan fingerprint density at radius 2 is 1.52 bits per heavy atom. The quantitative estimate of drug-likeness (QED) is 0.728. The maximum absolute atomic E-state index is 11.6. The molecule has 4 rings (SSSR count). The monoisotopic (exact) mass is 387 g/mol. The van der Waals surface area contributed by atoms with Crippen molar-refractivity contribution in [2.75, 3.05) is 13.1 Å². The molecular formula is C27H33NO. The van der Waals surface area contributed by atoms with E-state index in [0.717, 1.165) is 24.2 Å². The molecule has 0 spiro atoms. The van der Waals surface area contributed by atoms with Crippen molar-refractivity contribution in [2.24, 2.45) is 10.8 Å². The number of benzene rings is 2. The minimum absolute atomic E-state index is 0.405. The second-order valence-corrected chi connectivity index (χ2v) is 10.2. The van der Waals surface area contributed by atoms with Crippen molar-refractivity contribution in [3.05, 3.63) is 71.8 Å². The van der Waals surface area contributed by atoms with Gasteiger partial charge in [0.15, 0.2) is 0 Å². The maximum Gasteiger partial charge on any atom is 0.125 e. The molecule has 29 heavy (non-hydrogen) atoms. The Balaban J connectivity index is 1.50. The molecule has 2 nitrogen and oxygen atoms in total. The molecule has 2 aromatic rings. The molecule has 1 saturated carbocycles. The first kappa shape index (κ1) is 20.2. The normalized spacial score (nSPS) is 26.0. The highest BCUT2D eigenvalue weighted by atomic mass is 16.3. The van der Waals surface area contributed by atoms with Crippen molar-refractivity contribution in [1.82, 2.24) is 4.90 Å². The van der Waals surface area contributed by atoms with Gasteiger partial charge in [0.2, 0.25) is 0 Å². The first-order chi connectivity index (χ1) is 13.8. The SMILES string of the molecule is CC1(C)C[C@@H]2C[C@](C)(CN2CC#CCC(O)(c2ccccc2)c2ccccc2)C1. The predicted molar refractivity (Wildman–Crippen MR) is 119 cm³/mol. The highest BCUT2D eigenvalue weighted by Crippen LogP contribution is 2.52. The van der Waals surface area contributed by atoms with Crippen LogP contribution in [0.1, 0.15) is 57.6 Å². The van der Waals surface area contributed by atoms with Crippen molar-refractivity contribution >= 4 is 0 Å². The largest absolute Gasteiger partial charge is 0.379 e. The Morgan fingerprint density at radius 1 is 0.931 bits per heavy atom. The van der Waals surface area contributed by atoms with Crippen LogP contribution in [0.25, 0.3) is 0 Å². The van der Waals surface area contributed by atoms with Gasteiger partial charge in [-0.25, -0.2) is 0 Å². The topological polar surface area (TPSA) is 23.5 Å². The summed E-state index contributed by atoms with van der Waals surface area (Å²) in [5.74, 6) is 6.72. The third-order valence-electron chi connectivity index (χ3n) is 6.78. The molecule has 1 heterocycles. The minimum atomic E-state index is -1.08. The lowest BCUT2D eigenvalue weighted by atomic mass is 9.65. The summed E-state index contributed by atoms with van der Waals surface area (Å²) in [6.45, 7) is 9.21. The van der Waals surface area contributed by atoms with Gasteiger partial charge in [0.1, 0.15) is 5.60 Å². The third kappa shape index (κ3) is 4.27. The number of rotatable bonds is 4. The maximum atomic E-state index is 11.6. The number of fused-ring (bicyclic) bond motifs is 2. The highest BCUT2D eigenvalue weighted by Gasteiger charge is 2.49. The lowest BCUT2D eigenvalue weighted by molar-refractivity contribution is 0.0864. The van der Waals surface area contributed by atoms with Crippen molar-refractivity contribution < 1.29 is 5.11 Å². The summed E-state index contributed by atoms with van der Waals surface area (Å²) in [4.78, 5) is 2.58. The molecule has 2 aromatic carbocycles. The average molecular weight is 388 g/mol. The zero-order valence-electron chi connectivity index (χ0n) is 18.0. The van der Waals surface area contributed by atoms with Gasteiger partial charge in [-0.3, -0.25) is 4.90 Å².